The molecule has 2 heterocycles. The van der Waals surface area contributed by atoms with Crippen LogP contribution in [0.25, 0.3) is 5.70 Å². The van der Waals surface area contributed by atoms with E-state index in [-0.39, 0.29) is 12.3 Å². The lowest BCUT2D eigenvalue weighted by Gasteiger charge is -2.39. The maximum atomic E-state index is 6.56. The van der Waals surface area contributed by atoms with Gasteiger partial charge in [0.25, 0.3) is 0 Å². The highest BCUT2D eigenvalue weighted by molar-refractivity contribution is 5.69. The van der Waals surface area contributed by atoms with Gasteiger partial charge < -0.3 is 24.4 Å². The van der Waals surface area contributed by atoms with E-state index in [0.29, 0.717) is 6.61 Å². The van der Waals surface area contributed by atoms with Crippen LogP contribution in [-0.4, -0.2) is 25.8 Å². The summed E-state index contributed by atoms with van der Waals surface area (Å²) in [4.78, 5) is 0. The zero-order chi connectivity index (χ0) is 22.1. The molecule has 0 radical (unpaired) electrons. The highest BCUT2D eigenvalue weighted by atomic mass is 16.5. The van der Waals surface area contributed by atoms with E-state index in [1.165, 1.54) is 0 Å². The lowest BCUT2D eigenvalue weighted by Crippen LogP contribution is -2.43. The number of benzene rings is 3. The highest BCUT2D eigenvalue weighted by Gasteiger charge is 2.41. The van der Waals surface area contributed by atoms with Gasteiger partial charge in [-0.2, -0.15) is 5.01 Å². The van der Waals surface area contributed by atoms with Gasteiger partial charge >= 0.3 is 0 Å². The second-order valence-electron chi connectivity index (χ2n) is 7.63. The molecule has 0 saturated carbocycles. The van der Waals surface area contributed by atoms with E-state index < -0.39 is 0 Å². The molecule has 0 bridgehead atoms. The molecule has 5 rings (SSSR count). The van der Waals surface area contributed by atoms with Crippen molar-refractivity contribution in [1.82, 2.24) is 10.4 Å². The third-order valence-corrected chi connectivity index (χ3v) is 5.77. The normalized spacial score (nSPS) is 19.2. The van der Waals surface area contributed by atoms with Crippen molar-refractivity contribution in [3.8, 4) is 23.0 Å². The molecule has 0 amide bonds. The first-order valence-corrected chi connectivity index (χ1v) is 10.7. The van der Waals surface area contributed by atoms with Gasteiger partial charge in [-0.3, -0.25) is 0 Å². The number of ether oxygens (including phenoxy) is 4. The van der Waals surface area contributed by atoms with Gasteiger partial charge in [0.1, 0.15) is 11.5 Å². The average molecular weight is 431 g/mol. The van der Waals surface area contributed by atoms with Gasteiger partial charge in [-0.1, -0.05) is 36.4 Å². The van der Waals surface area contributed by atoms with E-state index in [1.54, 1.807) is 14.2 Å². The number of hydrogen-bond acceptors (Lipinski definition) is 6. The number of methoxy groups -OCH3 is 2. The molecule has 2 aliphatic rings. The monoisotopic (exact) mass is 430 g/mol. The van der Waals surface area contributed by atoms with Crippen LogP contribution in [0.1, 0.15) is 35.9 Å². The van der Waals surface area contributed by atoms with Crippen LogP contribution in [0.3, 0.4) is 0 Å². The minimum absolute atomic E-state index is 0.0209. The number of nitrogens with one attached hydrogen (secondary N) is 1. The van der Waals surface area contributed by atoms with Gasteiger partial charge in [-0.05, 0) is 43.3 Å². The summed E-state index contributed by atoms with van der Waals surface area (Å²) in [7, 11) is 3.34. The summed E-state index contributed by atoms with van der Waals surface area (Å²) in [5.74, 6) is 3.16. The van der Waals surface area contributed by atoms with Crippen molar-refractivity contribution in [1.29, 1.82) is 0 Å². The van der Waals surface area contributed by atoms with Crippen LogP contribution in [0.4, 0.5) is 0 Å². The van der Waals surface area contributed by atoms with Crippen molar-refractivity contribution in [3.63, 3.8) is 0 Å². The van der Waals surface area contributed by atoms with Crippen LogP contribution in [-0.2, 0) is 0 Å². The number of fused-ring (bicyclic) bond motifs is 3. The van der Waals surface area contributed by atoms with Gasteiger partial charge in [0.2, 0.25) is 0 Å². The summed E-state index contributed by atoms with van der Waals surface area (Å²) in [5.41, 5.74) is 7.70. The zero-order valence-corrected chi connectivity index (χ0v) is 18.4. The molecular weight excluding hydrogens is 404 g/mol. The quantitative estimate of drug-likeness (QED) is 0.588. The molecule has 6 heteroatoms. The molecule has 0 spiro atoms. The Morgan fingerprint density at radius 1 is 0.938 bits per heavy atom. The first kappa shape index (κ1) is 20.3. The molecule has 2 aliphatic heterocycles. The van der Waals surface area contributed by atoms with Crippen molar-refractivity contribution in [3.05, 3.63) is 89.5 Å². The van der Waals surface area contributed by atoms with Crippen LogP contribution < -0.4 is 24.4 Å². The third kappa shape index (κ3) is 3.52. The van der Waals surface area contributed by atoms with Crippen LogP contribution >= 0.6 is 0 Å². The summed E-state index contributed by atoms with van der Waals surface area (Å²) in [6, 6.07) is 22.0. The SMILES string of the molecule is CCOc1cccc2c1OC(c1ccc(OC)cc1)N1NC(c3cccc(OC)c3)=CC21. The molecule has 3 aromatic rings. The number of nitrogens with zero attached hydrogens (tertiary/aromatic N) is 1. The fourth-order valence-corrected chi connectivity index (χ4v) is 4.21. The fraction of sp³-hybridized carbons (Fsp3) is 0.231. The van der Waals surface area contributed by atoms with E-state index in [1.807, 2.05) is 61.5 Å². The van der Waals surface area contributed by atoms with Crippen molar-refractivity contribution in [2.24, 2.45) is 0 Å². The minimum atomic E-state index is -0.348. The predicted molar refractivity (Wildman–Crippen MR) is 123 cm³/mol. The van der Waals surface area contributed by atoms with Gasteiger partial charge in [0.15, 0.2) is 17.7 Å². The molecule has 3 aromatic carbocycles. The molecule has 6 nitrogen and oxygen atoms in total. The molecule has 164 valence electrons. The average Bonchev–Trinajstić information content (AvgIpc) is 3.30. The smallest absolute Gasteiger partial charge is 0.196 e. The molecular formula is C26H26N2O4. The van der Waals surface area contributed by atoms with Crippen molar-refractivity contribution < 1.29 is 18.9 Å². The Morgan fingerprint density at radius 3 is 2.47 bits per heavy atom. The molecule has 2 atom stereocenters. The topological polar surface area (TPSA) is 52.2 Å². The number of hydrogen-bond donors (Lipinski definition) is 1. The molecule has 0 aromatic heterocycles. The third-order valence-electron chi connectivity index (χ3n) is 5.77. The Labute approximate surface area is 187 Å². The van der Waals surface area contributed by atoms with Crippen LogP contribution in [0.2, 0.25) is 0 Å². The van der Waals surface area contributed by atoms with E-state index >= 15 is 0 Å². The summed E-state index contributed by atoms with van der Waals surface area (Å²) >= 11 is 0. The van der Waals surface area contributed by atoms with Crippen molar-refractivity contribution >= 4 is 5.70 Å². The molecule has 32 heavy (non-hydrogen) atoms. The second kappa shape index (κ2) is 8.48. The summed E-state index contributed by atoms with van der Waals surface area (Å²) < 4.78 is 23.2. The maximum absolute atomic E-state index is 6.56. The number of hydrazine groups is 1. The van der Waals surface area contributed by atoms with E-state index in [2.05, 4.69) is 28.6 Å². The van der Waals surface area contributed by atoms with E-state index in [9.17, 15) is 0 Å². The Balaban J connectivity index is 1.59. The highest BCUT2D eigenvalue weighted by Crippen LogP contribution is 2.49. The standard InChI is InChI=1S/C26H26N2O4/c1-4-31-24-10-6-9-21-23-16-22(18-7-5-8-20(15-18)30-3)27-28(23)26(32-25(21)24)17-11-13-19(29-2)14-12-17/h5-16,23,26-27H,4H2,1-3H3. The number of rotatable bonds is 6. The minimum Gasteiger partial charge on any atom is -0.497 e. The molecule has 0 fully saturated rings. The Morgan fingerprint density at radius 2 is 1.72 bits per heavy atom. The first-order valence-electron chi connectivity index (χ1n) is 10.7. The Hall–Kier alpha value is -3.64. The summed E-state index contributed by atoms with van der Waals surface area (Å²) in [6.07, 6.45) is 1.88. The van der Waals surface area contributed by atoms with E-state index in [0.717, 1.165) is 45.4 Å². The molecule has 1 N–H and O–H groups in total. The molecule has 0 aliphatic carbocycles. The Bertz CT molecular complexity index is 1140. The molecule has 2 unspecified atom stereocenters. The van der Waals surface area contributed by atoms with Crippen LogP contribution in [0.15, 0.2) is 72.8 Å². The predicted octanol–water partition coefficient (Wildman–Crippen LogP) is 5.10. The zero-order valence-electron chi connectivity index (χ0n) is 18.4. The molecule has 0 saturated heterocycles. The first-order chi connectivity index (χ1) is 15.7. The van der Waals surface area contributed by atoms with Gasteiger partial charge in [0.05, 0.1) is 32.6 Å². The largest absolute Gasteiger partial charge is 0.497 e. The summed E-state index contributed by atoms with van der Waals surface area (Å²) in [6.45, 7) is 2.55. The van der Waals surface area contributed by atoms with Crippen LogP contribution in [0, 0.1) is 0 Å². The van der Waals surface area contributed by atoms with Gasteiger partial charge in [0, 0.05) is 16.7 Å². The Kier molecular flexibility index (Phi) is 5.37. The lowest BCUT2D eigenvalue weighted by atomic mass is 10.00. The van der Waals surface area contributed by atoms with E-state index in [4.69, 9.17) is 18.9 Å². The fourth-order valence-electron chi connectivity index (χ4n) is 4.21. The summed E-state index contributed by atoms with van der Waals surface area (Å²) in [5, 5.41) is 2.13. The van der Waals surface area contributed by atoms with Crippen molar-refractivity contribution in [2.75, 3.05) is 20.8 Å². The lowest BCUT2D eigenvalue weighted by molar-refractivity contribution is -0.0346. The van der Waals surface area contributed by atoms with Crippen LogP contribution in [0.5, 0.6) is 23.0 Å². The van der Waals surface area contributed by atoms with Gasteiger partial charge in [-0.25, -0.2) is 0 Å². The van der Waals surface area contributed by atoms with Crippen molar-refractivity contribution in [2.45, 2.75) is 19.2 Å². The maximum Gasteiger partial charge on any atom is 0.196 e. The second-order valence-corrected chi connectivity index (χ2v) is 7.63. The number of para-hydroxylation sites is 1. The van der Waals surface area contributed by atoms with Gasteiger partial charge in [-0.15, -0.1) is 0 Å².